The number of para-hydroxylation sites is 1. The van der Waals surface area contributed by atoms with Gasteiger partial charge in [-0.2, -0.15) is 13.7 Å². The number of aryl methyl sites for hydroxylation is 1. The predicted octanol–water partition coefficient (Wildman–Crippen LogP) is 6.22. The molecule has 4 aromatic carbocycles. The second-order valence-electron chi connectivity index (χ2n) is 8.25. The van der Waals surface area contributed by atoms with Gasteiger partial charge in [0.25, 0.3) is 10.1 Å². The average Bonchev–Trinajstić information content (AvgIpc) is 2.88. The third-order valence-electron chi connectivity index (χ3n) is 5.29. The van der Waals surface area contributed by atoms with Gasteiger partial charge >= 0.3 is 0 Å². The van der Waals surface area contributed by atoms with E-state index in [9.17, 15) is 8.42 Å². The van der Waals surface area contributed by atoms with Gasteiger partial charge in [-0.15, -0.1) is 0 Å². The van der Waals surface area contributed by atoms with Crippen LogP contribution in [0.3, 0.4) is 0 Å². The lowest BCUT2D eigenvalue weighted by Crippen LogP contribution is -2.23. The average molecular weight is 516 g/mol. The first-order valence-electron chi connectivity index (χ1n) is 11.6. The lowest BCUT2D eigenvalue weighted by molar-refractivity contribution is 0.450. The van der Waals surface area contributed by atoms with E-state index in [4.69, 9.17) is 20.3 Å². The van der Waals surface area contributed by atoms with E-state index in [1.807, 2.05) is 18.2 Å². The van der Waals surface area contributed by atoms with Gasteiger partial charge in [0, 0.05) is 24.5 Å². The zero-order valence-electron chi connectivity index (χ0n) is 20.5. The van der Waals surface area contributed by atoms with E-state index >= 15 is 0 Å². The van der Waals surface area contributed by atoms with Crippen LogP contribution in [0.15, 0.2) is 108 Å². The SMILES string of the molecule is Cc1cccc(N(CCC#N)Cc2ccccc2)c1.Nc1ccc(Oc2ccccc2)c(S(=O)(=O)O)c1. The number of ether oxygens (including phenoxy) is 1. The van der Waals surface area contributed by atoms with Gasteiger partial charge in [0.05, 0.1) is 12.5 Å². The summed E-state index contributed by atoms with van der Waals surface area (Å²) < 4.78 is 36.9. The Morgan fingerprint density at radius 2 is 1.59 bits per heavy atom. The lowest BCUT2D eigenvalue weighted by atomic mass is 10.1. The number of hydrogen-bond donors (Lipinski definition) is 2. The quantitative estimate of drug-likeness (QED) is 0.211. The van der Waals surface area contributed by atoms with E-state index in [0.29, 0.717) is 12.2 Å². The predicted molar refractivity (Wildman–Crippen MR) is 146 cm³/mol. The fourth-order valence-electron chi connectivity index (χ4n) is 3.54. The van der Waals surface area contributed by atoms with Crippen LogP contribution in [0.1, 0.15) is 17.5 Å². The van der Waals surface area contributed by atoms with Crippen molar-refractivity contribution in [1.29, 1.82) is 5.26 Å². The molecule has 37 heavy (non-hydrogen) atoms. The number of nitrogen functional groups attached to an aromatic ring is 1. The molecule has 4 rings (SSSR count). The topological polar surface area (TPSA) is 117 Å². The van der Waals surface area contributed by atoms with Crippen molar-refractivity contribution in [2.45, 2.75) is 24.8 Å². The molecule has 3 N–H and O–H groups in total. The van der Waals surface area contributed by atoms with Gasteiger partial charge in [-0.3, -0.25) is 4.55 Å². The van der Waals surface area contributed by atoms with Gasteiger partial charge in [0.2, 0.25) is 0 Å². The Labute approximate surface area is 218 Å². The molecule has 0 radical (unpaired) electrons. The van der Waals surface area contributed by atoms with Gasteiger partial charge in [0.15, 0.2) is 0 Å². The molecule has 0 aliphatic heterocycles. The van der Waals surface area contributed by atoms with Crippen molar-refractivity contribution in [3.63, 3.8) is 0 Å². The van der Waals surface area contributed by atoms with E-state index in [2.05, 4.69) is 54.3 Å². The minimum atomic E-state index is -4.38. The van der Waals surface area contributed by atoms with Crippen molar-refractivity contribution in [3.8, 4) is 17.6 Å². The molecule has 0 fully saturated rings. The Morgan fingerprint density at radius 1 is 0.919 bits per heavy atom. The second kappa shape index (κ2) is 13.1. The van der Waals surface area contributed by atoms with Crippen LogP contribution in [0.25, 0.3) is 0 Å². The molecule has 0 unspecified atom stereocenters. The number of hydrogen-bond acceptors (Lipinski definition) is 6. The van der Waals surface area contributed by atoms with Crippen LogP contribution in [0, 0.1) is 18.3 Å². The molecule has 8 heteroatoms. The van der Waals surface area contributed by atoms with Crippen molar-refractivity contribution in [3.05, 3.63) is 114 Å². The molecule has 0 saturated heterocycles. The molecule has 0 bridgehead atoms. The van der Waals surface area contributed by atoms with Gasteiger partial charge in [-0.25, -0.2) is 0 Å². The molecule has 0 aliphatic rings. The molecular weight excluding hydrogens is 486 g/mol. The van der Waals surface area contributed by atoms with Crippen LogP contribution in [0.2, 0.25) is 0 Å². The van der Waals surface area contributed by atoms with Crippen LogP contribution >= 0.6 is 0 Å². The molecule has 190 valence electrons. The summed E-state index contributed by atoms with van der Waals surface area (Å²) in [6.07, 6.45) is 0.542. The smallest absolute Gasteiger partial charge is 0.298 e. The van der Waals surface area contributed by atoms with E-state index in [1.165, 1.54) is 28.9 Å². The molecule has 0 heterocycles. The van der Waals surface area contributed by atoms with Crippen molar-refractivity contribution in [2.24, 2.45) is 0 Å². The Bertz CT molecular complexity index is 1440. The van der Waals surface area contributed by atoms with Crippen molar-refractivity contribution in [1.82, 2.24) is 0 Å². The van der Waals surface area contributed by atoms with E-state index in [1.54, 1.807) is 30.3 Å². The number of nitriles is 1. The number of nitrogens with zero attached hydrogens (tertiary/aromatic N) is 2. The maximum Gasteiger partial charge on any atom is 0.298 e. The Balaban J connectivity index is 0.000000206. The van der Waals surface area contributed by atoms with Crippen molar-refractivity contribution >= 4 is 21.5 Å². The van der Waals surface area contributed by atoms with Crippen LogP contribution in [0.5, 0.6) is 11.5 Å². The summed E-state index contributed by atoms with van der Waals surface area (Å²) in [6.45, 7) is 3.69. The highest BCUT2D eigenvalue weighted by atomic mass is 32.2. The first-order chi connectivity index (χ1) is 17.8. The van der Waals surface area contributed by atoms with Gasteiger partial charge < -0.3 is 15.4 Å². The first kappa shape index (κ1) is 27.3. The van der Waals surface area contributed by atoms with E-state index < -0.39 is 10.1 Å². The molecule has 0 aliphatic carbocycles. The van der Waals surface area contributed by atoms with E-state index in [0.717, 1.165) is 19.2 Å². The monoisotopic (exact) mass is 515 g/mol. The summed E-state index contributed by atoms with van der Waals surface area (Å²) in [5.41, 5.74) is 9.40. The maximum atomic E-state index is 11.2. The third kappa shape index (κ3) is 8.69. The first-order valence-corrected chi connectivity index (χ1v) is 13.0. The van der Waals surface area contributed by atoms with Crippen LogP contribution < -0.4 is 15.4 Å². The Kier molecular flexibility index (Phi) is 9.67. The zero-order chi connectivity index (χ0) is 26.7. The minimum absolute atomic E-state index is 0.0258. The molecule has 0 spiro atoms. The fraction of sp³-hybridized carbons (Fsp3) is 0.138. The molecular formula is C29H29N3O4S. The second-order valence-corrected chi connectivity index (χ2v) is 9.64. The van der Waals surface area contributed by atoms with Crippen molar-refractivity contribution < 1.29 is 17.7 Å². The molecule has 0 amide bonds. The minimum Gasteiger partial charge on any atom is -0.456 e. The highest BCUT2D eigenvalue weighted by Gasteiger charge is 2.17. The summed E-state index contributed by atoms with van der Waals surface area (Å²) in [5, 5.41) is 8.81. The lowest BCUT2D eigenvalue weighted by Gasteiger charge is -2.24. The summed E-state index contributed by atoms with van der Waals surface area (Å²) in [6, 6.07) is 33.7. The molecule has 0 saturated carbocycles. The van der Waals surface area contributed by atoms with Crippen LogP contribution in [-0.4, -0.2) is 19.5 Å². The summed E-state index contributed by atoms with van der Waals surface area (Å²) >= 11 is 0. The fourth-order valence-corrected chi connectivity index (χ4v) is 4.19. The van der Waals surface area contributed by atoms with Gasteiger partial charge in [0.1, 0.15) is 16.4 Å². The summed E-state index contributed by atoms with van der Waals surface area (Å²) in [5.74, 6) is 0.491. The highest BCUT2D eigenvalue weighted by Crippen LogP contribution is 2.30. The molecule has 0 atom stereocenters. The number of nitrogens with two attached hydrogens (primary N) is 1. The normalized spacial score (nSPS) is 10.5. The summed E-state index contributed by atoms with van der Waals surface area (Å²) in [4.78, 5) is 1.90. The number of anilines is 2. The number of rotatable bonds is 8. The standard InChI is InChI=1S/C17H18N2.C12H11NO4S/c1-15-7-5-10-17(13-15)19(12-6-11-18)14-16-8-3-2-4-9-16;13-9-6-7-11(12(8-9)18(14,15)16)17-10-4-2-1-3-5-10/h2-5,7-10,13H,6,12,14H2,1H3;1-8H,13H2,(H,14,15,16). The van der Waals surface area contributed by atoms with Gasteiger partial charge in [-0.1, -0.05) is 60.7 Å². The molecule has 4 aromatic rings. The van der Waals surface area contributed by atoms with E-state index in [-0.39, 0.29) is 16.3 Å². The largest absolute Gasteiger partial charge is 0.456 e. The third-order valence-corrected chi connectivity index (χ3v) is 6.17. The molecule has 7 nitrogen and oxygen atoms in total. The Hall–Kier alpha value is -4.32. The van der Waals surface area contributed by atoms with Gasteiger partial charge in [-0.05, 0) is 60.5 Å². The summed E-state index contributed by atoms with van der Waals surface area (Å²) in [7, 11) is -4.38. The molecule has 0 aromatic heterocycles. The van der Waals surface area contributed by atoms with Crippen LogP contribution in [-0.2, 0) is 16.7 Å². The zero-order valence-corrected chi connectivity index (χ0v) is 21.3. The Morgan fingerprint density at radius 3 is 2.22 bits per heavy atom. The maximum absolute atomic E-state index is 11.2. The highest BCUT2D eigenvalue weighted by molar-refractivity contribution is 7.86. The van der Waals surface area contributed by atoms with Crippen molar-refractivity contribution in [2.75, 3.05) is 17.2 Å². The number of benzene rings is 4. The van der Waals surface area contributed by atoms with Crippen LogP contribution in [0.4, 0.5) is 11.4 Å².